The lowest BCUT2D eigenvalue weighted by Gasteiger charge is -2.45. The van der Waals surface area contributed by atoms with Crippen molar-refractivity contribution < 1.29 is 28.7 Å². The van der Waals surface area contributed by atoms with Gasteiger partial charge < -0.3 is 19.3 Å². The maximum atomic E-state index is 14.2. The molecule has 4 aliphatic rings. The number of anilines is 3. The Hall–Kier alpha value is -7.17. The zero-order valence-corrected chi connectivity index (χ0v) is 46.8. The van der Waals surface area contributed by atoms with Crippen molar-refractivity contribution in [1.82, 2.24) is 30.0 Å². The molecule has 7 aromatic rings. The Morgan fingerprint density at radius 2 is 1.56 bits per heavy atom. The lowest BCUT2D eigenvalue weighted by atomic mass is 9.81. The molecule has 4 aromatic carbocycles. The predicted octanol–water partition coefficient (Wildman–Crippen LogP) is 11.2. The highest BCUT2D eigenvalue weighted by atomic mass is 32.1. The molecule has 2 N–H and O–H groups in total. The number of imide groups is 1. The number of aryl methyl sites for hydroxylation is 1. The van der Waals surface area contributed by atoms with Gasteiger partial charge >= 0.3 is 5.97 Å². The van der Waals surface area contributed by atoms with Gasteiger partial charge in [0.15, 0.2) is 10.8 Å². The number of ether oxygens (including phenoxy) is 2. The number of thiazole rings is 1. The topological polar surface area (TPSA) is 164 Å². The quantitative estimate of drug-likeness (QED) is 0.0831. The molecule has 3 aliphatic heterocycles. The Morgan fingerprint density at radius 1 is 0.795 bits per heavy atom. The van der Waals surface area contributed by atoms with Crippen LogP contribution in [0.4, 0.5) is 16.6 Å². The number of pyridine rings is 1. The van der Waals surface area contributed by atoms with Gasteiger partial charge in [0.2, 0.25) is 11.8 Å². The minimum Gasteiger partial charge on any atom is -0.490 e. The van der Waals surface area contributed by atoms with Crippen LogP contribution < -0.4 is 25.2 Å². The lowest BCUT2D eigenvalue weighted by molar-refractivity contribution is -0.134. The highest BCUT2D eigenvalue weighted by molar-refractivity contribution is 7.22. The lowest BCUT2D eigenvalue weighted by Crippen LogP contribution is -2.54. The second-order valence-corrected chi connectivity index (χ2v) is 24.4. The van der Waals surface area contributed by atoms with Gasteiger partial charge in [-0.2, -0.15) is 5.10 Å². The van der Waals surface area contributed by atoms with Crippen LogP contribution in [0.15, 0.2) is 91.0 Å². The van der Waals surface area contributed by atoms with Crippen LogP contribution in [0.3, 0.4) is 0 Å². The van der Waals surface area contributed by atoms with E-state index in [0.717, 1.165) is 119 Å². The summed E-state index contributed by atoms with van der Waals surface area (Å²) in [6.07, 6.45) is 8.13. The molecule has 2 saturated heterocycles. The van der Waals surface area contributed by atoms with E-state index in [-0.39, 0.29) is 35.1 Å². The third kappa shape index (κ3) is 11.0. The summed E-state index contributed by atoms with van der Waals surface area (Å²) < 4.78 is 15.8. The summed E-state index contributed by atoms with van der Waals surface area (Å²) in [4.78, 5) is 69.7. The maximum absolute atomic E-state index is 14.2. The van der Waals surface area contributed by atoms with Crippen molar-refractivity contribution >= 4 is 72.8 Å². The Labute approximate surface area is 460 Å². The molecule has 1 atom stereocenters. The minimum absolute atomic E-state index is 0.0549. The fraction of sp³-hybridized carbons (Fsp3) is 0.435. The molecule has 16 heteroatoms. The zero-order chi connectivity index (χ0) is 54.5. The van der Waals surface area contributed by atoms with Crippen LogP contribution in [0.2, 0.25) is 0 Å². The van der Waals surface area contributed by atoms with E-state index in [2.05, 4.69) is 75.4 Å². The van der Waals surface area contributed by atoms with E-state index in [1.807, 2.05) is 99.2 Å². The first kappa shape index (κ1) is 52.9. The summed E-state index contributed by atoms with van der Waals surface area (Å²) in [5.74, 6) is 0.485. The number of fused-ring (bicyclic) bond motifs is 3. The van der Waals surface area contributed by atoms with Crippen LogP contribution in [0.25, 0.3) is 32.2 Å². The normalized spacial score (nSPS) is 19.4. The number of aromatic nitrogens is 4. The average molecular weight is 1070 g/mol. The molecule has 0 bridgehead atoms. The number of carbonyl (C=O) groups excluding carboxylic acids is 4. The summed E-state index contributed by atoms with van der Waals surface area (Å²) in [6, 6.07) is 30.0. The number of hydrogen-bond donors (Lipinski definition) is 2. The van der Waals surface area contributed by atoms with Gasteiger partial charge in [0.25, 0.3) is 5.91 Å². The molecule has 15 nitrogen and oxygen atoms in total. The molecular weight excluding hydrogens is 999 g/mol. The molecular formula is C62H71N9O6S. The number of carbonyl (C=O) groups is 4. The van der Waals surface area contributed by atoms with E-state index in [0.29, 0.717) is 60.3 Å². The van der Waals surface area contributed by atoms with Gasteiger partial charge in [-0.15, -0.1) is 0 Å². The van der Waals surface area contributed by atoms with Crippen molar-refractivity contribution in [1.29, 1.82) is 0 Å². The summed E-state index contributed by atoms with van der Waals surface area (Å²) >= 11 is 1.45. The molecule has 0 spiro atoms. The Kier molecular flexibility index (Phi) is 14.6. The van der Waals surface area contributed by atoms with Crippen LogP contribution in [0, 0.1) is 12.8 Å². The number of rotatable bonds is 13. The highest BCUT2D eigenvalue weighted by Gasteiger charge is 2.36. The molecule has 1 unspecified atom stereocenters. The third-order valence-corrected chi connectivity index (χ3v) is 17.5. The summed E-state index contributed by atoms with van der Waals surface area (Å²) in [5.41, 5.74) is 8.46. The number of nitrogens with one attached hydrogen (secondary N) is 2. The fourth-order valence-electron chi connectivity index (χ4n) is 12.2. The van der Waals surface area contributed by atoms with E-state index in [4.69, 9.17) is 19.6 Å². The Bertz CT molecular complexity index is 3400. The molecule has 78 heavy (non-hydrogen) atoms. The van der Waals surface area contributed by atoms with Gasteiger partial charge in [-0.3, -0.25) is 34.6 Å². The SMILES string of the molecule is Cc1c(O[C@H]2CC[C@H](CCC(C)(C)N3CCN(c4cccc5c(C6CCC(=O)NC6=O)nn(C)c45)CC3)CC2)cccc1-c1ccc(N2CCc3cccc(C(=O)Nc4nc5ccccc5s4)c3C2)nc1C(=O)OC(C)(C)C. The molecule has 0 radical (unpaired) electrons. The summed E-state index contributed by atoms with van der Waals surface area (Å²) in [5, 5.41) is 11.9. The largest absolute Gasteiger partial charge is 0.490 e. The van der Waals surface area contributed by atoms with Crippen molar-refractivity contribution in [2.45, 2.75) is 129 Å². The second-order valence-electron chi connectivity index (χ2n) is 23.3. The third-order valence-electron chi connectivity index (χ3n) is 16.6. The van der Waals surface area contributed by atoms with Gasteiger partial charge in [-0.05, 0) is 164 Å². The van der Waals surface area contributed by atoms with Gasteiger partial charge in [0.1, 0.15) is 17.2 Å². The molecule has 11 rings (SSSR count). The van der Waals surface area contributed by atoms with Gasteiger partial charge in [0.05, 0.1) is 39.1 Å². The number of piperidine rings is 1. The number of amides is 3. The van der Waals surface area contributed by atoms with Crippen LogP contribution in [-0.4, -0.2) is 98.3 Å². The zero-order valence-electron chi connectivity index (χ0n) is 46.0. The first-order valence-corrected chi connectivity index (χ1v) is 28.6. The van der Waals surface area contributed by atoms with Crippen molar-refractivity contribution in [2.24, 2.45) is 13.0 Å². The fourth-order valence-corrected chi connectivity index (χ4v) is 13.1. The van der Waals surface area contributed by atoms with Crippen LogP contribution in [0.1, 0.15) is 135 Å². The number of esters is 1. The minimum atomic E-state index is -0.738. The van der Waals surface area contributed by atoms with E-state index < -0.39 is 17.5 Å². The second kappa shape index (κ2) is 21.6. The number of nitrogens with zero attached hydrogens (tertiary/aromatic N) is 7. The molecule has 406 valence electrons. The molecule has 3 fully saturated rings. The van der Waals surface area contributed by atoms with E-state index >= 15 is 0 Å². The van der Waals surface area contributed by atoms with E-state index in [9.17, 15) is 19.2 Å². The monoisotopic (exact) mass is 1070 g/mol. The number of piperazine rings is 1. The van der Waals surface area contributed by atoms with Crippen molar-refractivity contribution in [2.75, 3.05) is 47.8 Å². The predicted molar refractivity (Wildman–Crippen MR) is 308 cm³/mol. The van der Waals surface area contributed by atoms with Crippen molar-refractivity contribution in [3.05, 3.63) is 125 Å². The van der Waals surface area contributed by atoms with Crippen molar-refractivity contribution in [3.8, 4) is 16.9 Å². The molecule has 1 aliphatic carbocycles. The highest BCUT2D eigenvalue weighted by Crippen LogP contribution is 2.40. The number of hydrogen-bond acceptors (Lipinski definition) is 13. The van der Waals surface area contributed by atoms with Gasteiger partial charge in [-0.25, -0.2) is 14.8 Å². The molecule has 6 heterocycles. The Morgan fingerprint density at radius 3 is 2.33 bits per heavy atom. The molecule has 1 saturated carbocycles. The molecule has 3 aromatic heterocycles. The summed E-state index contributed by atoms with van der Waals surface area (Å²) in [6.45, 7) is 17.3. The first-order chi connectivity index (χ1) is 37.5. The standard InChI is InChI=1S/C62H71N9O6S/c1-38-42(43-25-27-52(64-55(43)59(75)77-61(2,3)4)70-32-30-40-13-10-15-44(47(40)37-70)57(73)66-60-63-48-17-8-9-20-51(48)78-60)14-12-19-50(38)76-41-23-21-39(22-24-41)29-31-62(5,6)71-35-33-69(34-36-71)49-18-11-16-45-54(67-68(7)56(45)49)46-26-28-53(72)65-58(46)74/h8-20,25,27,39,41,46H,21-24,26,28-37H2,1-7H3,(H,63,66,73)(H,65,72,74)/t39-,41-,46?. The van der Waals surface area contributed by atoms with E-state index in [1.165, 1.54) is 17.8 Å². The Balaban J connectivity index is 0.716. The maximum Gasteiger partial charge on any atom is 0.358 e. The number of para-hydroxylation sites is 2. The van der Waals surface area contributed by atoms with Crippen LogP contribution in [-0.2, 0) is 34.3 Å². The summed E-state index contributed by atoms with van der Waals surface area (Å²) in [7, 11) is 1.95. The van der Waals surface area contributed by atoms with Gasteiger partial charge in [0, 0.05) is 74.8 Å². The first-order valence-electron chi connectivity index (χ1n) is 27.8. The number of benzene rings is 4. The van der Waals surface area contributed by atoms with Crippen LogP contribution in [0.5, 0.6) is 5.75 Å². The molecule has 3 amide bonds. The van der Waals surface area contributed by atoms with Gasteiger partial charge in [-0.1, -0.05) is 59.9 Å². The van der Waals surface area contributed by atoms with Crippen LogP contribution >= 0.6 is 11.3 Å². The van der Waals surface area contributed by atoms with Crippen molar-refractivity contribution in [3.63, 3.8) is 0 Å². The average Bonchev–Trinajstić information content (AvgIpc) is 4.08. The smallest absolute Gasteiger partial charge is 0.358 e. The van der Waals surface area contributed by atoms with E-state index in [1.54, 1.807) is 0 Å².